The third kappa shape index (κ3) is 0.821. The summed E-state index contributed by atoms with van der Waals surface area (Å²) in [6.07, 6.45) is 3.37. The smallest absolute Gasteiger partial charge is 0.310 e. The number of rotatable bonds is 0. The Balaban J connectivity index is 2.72. The van der Waals surface area contributed by atoms with Crippen molar-refractivity contribution < 1.29 is 0 Å². The minimum absolute atomic E-state index is 0.149. The highest BCUT2D eigenvalue weighted by atomic mass is 16.1. The first-order valence-corrected chi connectivity index (χ1v) is 4.30. The van der Waals surface area contributed by atoms with Gasteiger partial charge in [0.2, 0.25) is 0 Å². The van der Waals surface area contributed by atoms with Crippen molar-refractivity contribution in [3.8, 4) is 0 Å². The molecular formula is C10H7N3O. The van der Waals surface area contributed by atoms with Crippen LogP contribution >= 0.6 is 0 Å². The number of hydrogen-bond acceptors (Lipinski definition) is 2. The highest BCUT2D eigenvalue weighted by Gasteiger charge is 2.02. The summed E-state index contributed by atoms with van der Waals surface area (Å²) < 4.78 is 1.56. The minimum Gasteiger partial charge on any atom is -0.310 e. The highest BCUT2D eigenvalue weighted by molar-refractivity contribution is 5.80. The predicted octanol–water partition coefficient (Wildman–Crippen LogP) is 1.18. The van der Waals surface area contributed by atoms with E-state index in [1.165, 1.54) is 0 Å². The lowest BCUT2D eigenvalue weighted by Crippen LogP contribution is -2.10. The number of aromatic nitrogens is 3. The fourth-order valence-corrected chi connectivity index (χ4v) is 1.62. The molecule has 0 spiro atoms. The van der Waals surface area contributed by atoms with Gasteiger partial charge in [-0.05, 0) is 6.07 Å². The van der Waals surface area contributed by atoms with E-state index in [-0.39, 0.29) is 5.69 Å². The maximum absolute atomic E-state index is 11.5. The molecule has 0 aliphatic rings. The summed E-state index contributed by atoms with van der Waals surface area (Å²) in [5, 5.41) is 0.960. The molecule has 0 aliphatic heterocycles. The normalized spacial score (nSPS) is 11.1. The first-order valence-electron chi connectivity index (χ1n) is 4.30. The van der Waals surface area contributed by atoms with Gasteiger partial charge in [-0.25, -0.2) is 14.2 Å². The van der Waals surface area contributed by atoms with Gasteiger partial charge < -0.3 is 4.98 Å². The van der Waals surface area contributed by atoms with E-state index in [9.17, 15) is 4.79 Å². The molecule has 0 saturated carbocycles. The average molecular weight is 185 g/mol. The van der Waals surface area contributed by atoms with Crippen LogP contribution in [0.2, 0.25) is 0 Å². The molecule has 1 N–H and O–H groups in total. The van der Waals surface area contributed by atoms with E-state index in [2.05, 4.69) is 9.97 Å². The van der Waals surface area contributed by atoms with Gasteiger partial charge in [0.05, 0.1) is 5.52 Å². The lowest BCUT2D eigenvalue weighted by atomic mass is 10.2. The Kier molecular flexibility index (Phi) is 1.28. The van der Waals surface area contributed by atoms with Crippen LogP contribution in [0.25, 0.3) is 16.6 Å². The Morgan fingerprint density at radius 2 is 2.14 bits per heavy atom. The maximum Gasteiger partial charge on any atom is 0.331 e. The Morgan fingerprint density at radius 3 is 3.07 bits per heavy atom. The lowest BCUT2D eigenvalue weighted by molar-refractivity contribution is 1.09. The third-order valence-corrected chi connectivity index (χ3v) is 2.27. The number of fused-ring (bicyclic) bond motifs is 3. The molecule has 14 heavy (non-hydrogen) atoms. The van der Waals surface area contributed by atoms with Crippen LogP contribution in [0.1, 0.15) is 0 Å². The summed E-state index contributed by atoms with van der Waals surface area (Å²) in [5.74, 6) is 0. The van der Waals surface area contributed by atoms with Crippen molar-refractivity contribution in [3.05, 3.63) is 47.1 Å². The number of aromatic amines is 1. The van der Waals surface area contributed by atoms with Crippen molar-refractivity contribution in [2.75, 3.05) is 0 Å². The standard InChI is InChI=1S/C10H7N3O/c14-10-12-6-9-11-5-7-3-1-2-4-8(7)13(9)10/h1-6H,(H,12,14). The molecule has 0 amide bonds. The van der Waals surface area contributed by atoms with Crippen LogP contribution in [0.3, 0.4) is 0 Å². The van der Waals surface area contributed by atoms with Gasteiger partial charge in [-0.3, -0.25) is 0 Å². The van der Waals surface area contributed by atoms with Gasteiger partial charge >= 0.3 is 5.69 Å². The zero-order valence-corrected chi connectivity index (χ0v) is 7.27. The molecule has 2 aromatic heterocycles. The van der Waals surface area contributed by atoms with E-state index >= 15 is 0 Å². The number of nitrogens with one attached hydrogen (secondary N) is 1. The van der Waals surface area contributed by atoms with Gasteiger partial charge in [-0.1, -0.05) is 18.2 Å². The van der Waals surface area contributed by atoms with Crippen molar-refractivity contribution >= 4 is 16.6 Å². The van der Waals surface area contributed by atoms with Crippen LogP contribution in [-0.4, -0.2) is 14.4 Å². The molecule has 0 bridgehead atoms. The van der Waals surface area contributed by atoms with Gasteiger partial charge in [0.25, 0.3) is 0 Å². The van der Waals surface area contributed by atoms with Crippen LogP contribution in [0.5, 0.6) is 0 Å². The van der Waals surface area contributed by atoms with Crippen molar-refractivity contribution in [1.82, 2.24) is 14.4 Å². The van der Waals surface area contributed by atoms with E-state index in [0.29, 0.717) is 5.65 Å². The van der Waals surface area contributed by atoms with Gasteiger partial charge in [0.15, 0.2) is 5.65 Å². The van der Waals surface area contributed by atoms with E-state index < -0.39 is 0 Å². The Labute approximate surface area is 78.8 Å². The summed E-state index contributed by atoms with van der Waals surface area (Å²) in [7, 11) is 0. The Morgan fingerprint density at radius 1 is 1.29 bits per heavy atom. The van der Waals surface area contributed by atoms with Crippen molar-refractivity contribution in [1.29, 1.82) is 0 Å². The van der Waals surface area contributed by atoms with Crippen LogP contribution in [-0.2, 0) is 0 Å². The lowest BCUT2D eigenvalue weighted by Gasteiger charge is -1.98. The number of nitrogens with zero attached hydrogens (tertiary/aromatic N) is 2. The minimum atomic E-state index is -0.149. The molecule has 0 fully saturated rings. The number of hydrogen-bond donors (Lipinski definition) is 1. The van der Waals surface area contributed by atoms with Crippen LogP contribution < -0.4 is 5.69 Å². The van der Waals surface area contributed by atoms with E-state index in [0.717, 1.165) is 10.9 Å². The summed E-state index contributed by atoms with van der Waals surface area (Å²) >= 11 is 0. The largest absolute Gasteiger partial charge is 0.331 e. The summed E-state index contributed by atoms with van der Waals surface area (Å²) in [6, 6.07) is 7.66. The van der Waals surface area contributed by atoms with Gasteiger partial charge in [0, 0.05) is 17.8 Å². The number of benzene rings is 1. The molecule has 3 aromatic rings. The van der Waals surface area contributed by atoms with E-state index in [4.69, 9.17) is 0 Å². The van der Waals surface area contributed by atoms with E-state index in [1.807, 2.05) is 24.3 Å². The molecule has 2 heterocycles. The SMILES string of the molecule is O=c1[nH]cc2ncc3ccccc3n12. The predicted molar refractivity (Wildman–Crippen MR) is 53.3 cm³/mol. The second kappa shape index (κ2) is 2.45. The second-order valence-electron chi connectivity index (χ2n) is 3.10. The van der Waals surface area contributed by atoms with Crippen LogP contribution in [0.4, 0.5) is 0 Å². The number of para-hydroxylation sites is 1. The zero-order valence-electron chi connectivity index (χ0n) is 7.27. The second-order valence-corrected chi connectivity index (χ2v) is 3.10. The number of imidazole rings is 1. The topological polar surface area (TPSA) is 50.2 Å². The first-order chi connectivity index (χ1) is 6.86. The quantitative estimate of drug-likeness (QED) is 0.571. The average Bonchev–Trinajstić information content (AvgIpc) is 2.61. The van der Waals surface area contributed by atoms with Gasteiger partial charge in [-0.15, -0.1) is 0 Å². The molecule has 68 valence electrons. The fourth-order valence-electron chi connectivity index (χ4n) is 1.62. The highest BCUT2D eigenvalue weighted by Crippen LogP contribution is 2.11. The zero-order chi connectivity index (χ0) is 9.54. The number of H-pyrrole nitrogens is 1. The molecule has 0 saturated heterocycles. The molecular weight excluding hydrogens is 178 g/mol. The van der Waals surface area contributed by atoms with Crippen molar-refractivity contribution in [2.45, 2.75) is 0 Å². The molecule has 0 unspecified atom stereocenters. The first kappa shape index (κ1) is 7.32. The van der Waals surface area contributed by atoms with Crippen LogP contribution in [0, 0.1) is 0 Å². The molecule has 4 heteroatoms. The molecule has 4 nitrogen and oxygen atoms in total. The molecule has 1 aromatic carbocycles. The van der Waals surface area contributed by atoms with Crippen molar-refractivity contribution in [2.24, 2.45) is 0 Å². The fraction of sp³-hybridized carbons (Fsp3) is 0. The molecule has 0 radical (unpaired) electrons. The van der Waals surface area contributed by atoms with Crippen LogP contribution in [0.15, 0.2) is 41.5 Å². The maximum atomic E-state index is 11.5. The van der Waals surface area contributed by atoms with E-state index in [1.54, 1.807) is 16.8 Å². The molecule has 0 aliphatic carbocycles. The Bertz CT molecular complexity index is 665. The third-order valence-electron chi connectivity index (χ3n) is 2.27. The summed E-state index contributed by atoms with van der Waals surface area (Å²) in [6.45, 7) is 0. The van der Waals surface area contributed by atoms with Gasteiger partial charge in [0.1, 0.15) is 0 Å². The monoisotopic (exact) mass is 185 g/mol. The van der Waals surface area contributed by atoms with Crippen molar-refractivity contribution in [3.63, 3.8) is 0 Å². The molecule has 3 rings (SSSR count). The van der Waals surface area contributed by atoms with Gasteiger partial charge in [-0.2, -0.15) is 0 Å². The summed E-state index contributed by atoms with van der Waals surface area (Å²) in [4.78, 5) is 18.2. The Hall–Kier alpha value is -2.10. The molecule has 0 atom stereocenters. The summed E-state index contributed by atoms with van der Waals surface area (Å²) in [5.41, 5.74) is 1.38.